The summed E-state index contributed by atoms with van der Waals surface area (Å²) in [5, 5.41) is 14.0. The Morgan fingerprint density at radius 2 is 2.16 bits per heavy atom. The van der Waals surface area contributed by atoms with Crippen LogP contribution in [0.1, 0.15) is 38.2 Å². The molecule has 1 aromatic rings. The summed E-state index contributed by atoms with van der Waals surface area (Å²) >= 11 is 2.13. The van der Waals surface area contributed by atoms with Gasteiger partial charge in [0.25, 0.3) is 0 Å². The number of aromatic hydroxyl groups is 1. The first kappa shape index (κ1) is 14.7. The molecule has 0 amide bonds. The molecule has 0 aliphatic heterocycles. The van der Waals surface area contributed by atoms with Crippen molar-refractivity contribution in [3.8, 4) is 5.75 Å². The van der Waals surface area contributed by atoms with Crippen LogP contribution in [0, 0.1) is 0 Å². The van der Waals surface area contributed by atoms with Crippen molar-refractivity contribution in [1.29, 1.82) is 0 Å². The molecule has 0 radical (unpaired) electrons. The van der Waals surface area contributed by atoms with Crippen LogP contribution in [0.5, 0.6) is 5.75 Å². The van der Waals surface area contributed by atoms with Crippen molar-refractivity contribution in [2.24, 2.45) is 0 Å². The van der Waals surface area contributed by atoms with Gasteiger partial charge in [0.15, 0.2) is 0 Å². The Bertz CT molecular complexity index is 377. The van der Waals surface area contributed by atoms with Crippen molar-refractivity contribution < 1.29 is 5.11 Å². The van der Waals surface area contributed by atoms with Crippen molar-refractivity contribution in [3.05, 3.63) is 29.8 Å². The third kappa shape index (κ3) is 5.07. The fraction of sp³-hybridized carbons (Fsp3) is 0.625. The first-order chi connectivity index (χ1) is 9.28. The quantitative estimate of drug-likeness (QED) is 0.800. The Labute approximate surface area is 121 Å². The second kappa shape index (κ2) is 7.81. The van der Waals surface area contributed by atoms with Gasteiger partial charge in [0.1, 0.15) is 5.75 Å². The third-order valence-corrected chi connectivity index (χ3v) is 5.26. The molecular formula is C16H25NOS. The van der Waals surface area contributed by atoms with Gasteiger partial charge in [0, 0.05) is 17.0 Å². The minimum Gasteiger partial charge on any atom is -0.508 e. The highest BCUT2D eigenvalue weighted by Gasteiger charge is 2.17. The largest absolute Gasteiger partial charge is 0.508 e. The van der Waals surface area contributed by atoms with Crippen molar-refractivity contribution in [2.75, 3.05) is 12.3 Å². The molecule has 2 N–H and O–H groups in total. The number of benzene rings is 1. The van der Waals surface area contributed by atoms with Gasteiger partial charge in [-0.2, -0.15) is 11.8 Å². The fourth-order valence-electron chi connectivity index (χ4n) is 2.75. The minimum atomic E-state index is 0.371. The Balaban J connectivity index is 1.84. The average Bonchev–Trinajstić information content (AvgIpc) is 2.89. The zero-order valence-corrected chi connectivity index (χ0v) is 12.6. The van der Waals surface area contributed by atoms with Crippen LogP contribution in [-0.4, -0.2) is 28.7 Å². The number of hydrogen-bond donors (Lipinski definition) is 2. The lowest BCUT2D eigenvalue weighted by Crippen LogP contribution is -2.33. The molecule has 1 aliphatic rings. The summed E-state index contributed by atoms with van der Waals surface area (Å²) in [6.45, 7) is 3.17. The topological polar surface area (TPSA) is 32.3 Å². The highest BCUT2D eigenvalue weighted by molar-refractivity contribution is 7.99. The van der Waals surface area contributed by atoms with Gasteiger partial charge >= 0.3 is 0 Å². The molecule has 2 nitrogen and oxygen atoms in total. The minimum absolute atomic E-state index is 0.371. The van der Waals surface area contributed by atoms with Crippen LogP contribution in [0.4, 0.5) is 0 Å². The van der Waals surface area contributed by atoms with Crippen molar-refractivity contribution in [2.45, 2.75) is 50.3 Å². The van der Waals surface area contributed by atoms with Crippen LogP contribution in [0.25, 0.3) is 0 Å². The van der Waals surface area contributed by atoms with E-state index >= 15 is 0 Å². The van der Waals surface area contributed by atoms with Crippen LogP contribution in [-0.2, 0) is 6.42 Å². The molecule has 0 heterocycles. The van der Waals surface area contributed by atoms with E-state index in [0.29, 0.717) is 11.8 Å². The smallest absolute Gasteiger partial charge is 0.115 e. The summed E-state index contributed by atoms with van der Waals surface area (Å²) in [5.74, 6) is 1.55. The molecule has 1 aliphatic carbocycles. The zero-order valence-electron chi connectivity index (χ0n) is 11.8. The maximum atomic E-state index is 9.53. The lowest BCUT2D eigenvalue weighted by molar-refractivity contribution is 0.473. The van der Waals surface area contributed by atoms with E-state index in [-0.39, 0.29) is 0 Å². The lowest BCUT2D eigenvalue weighted by atomic mass is 10.1. The molecule has 0 aromatic heterocycles. The second-order valence-corrected chi connectivity index (χ2v) is 6.70. The molecule has 1 saturated carbocycles. The van der Waals surface area contributed by atoms with Gasteiger partial charge in [-0.3, -0.25) is 0 Å². The molecule has 1 aromatic carbocycles. The van der Waals surface area contributed by atoms with E-state index < -0.39 is 0 Å². The van der Waals surface area contributed by atoms with E-state index in [1.807, 2.05) is 12.1 Å². The van der Waals surface area contributed by atoms with E-state index in [1.54, 1.807) is 6.07 Å². The summed E-state index contributed by atoms with van der Waals surface area (Å²) < 4.78 is 0. The van der Waals surface area contributed by atoms with E-state index in [0.717, 1.165) is 18.2 Å². The van der Waals surface area contributed by atoms with E-state index in [4.69, 9.17) is 0 Å². The molecule has 19 heavy (non-hydrogen) atoms. The number of rotatable bonds is 7. The van der Waals surface area contributed by atoms with E-state index in [2.05, 4.69) is 30.1 Å². The molecule has 0 bridgehead atoms. The molecule has 1 atom stereocenters. The van der Waals surface area contributed by atoms with Crippen molar-refractivity contribution >= 4 is 11.8 Å². The van der Waals surface area contributed by atoms with Gasteiger partial charge in [-0.1, -0.05) is 31.9 Å². The van der Waals surface area contributed by atoms with Gasteiger partial charge in [-0.05, 0) is 43.5 Å². The molecule has 0 saturated heterocycles. The van der Waals surface area contributed by atoms with Crippen LogP contribution >= 0.6 is 11.8 Å². The van der Waals surface area contributed by atoms with Gasteiger partial charge in [-0.15, -0.1) is 0 Å². The standard InChI is InChI=1S/C16H25NOS/c1-2-17-14(12-19-16-8-3-4-9-16)10-13-6-5-7-15(18)11-13/h5-7,11,14,16-18H,2-4,8-10,12H2,1H3. The van der Waals surface area contributed by atoms with Gasteiger partial charge in [0.05, 0.1) is 0 Å². The third-order valence-electron chi connectivity index (χ3n) is 3.72. The maximum absolute atomic E-state index is 9.53. The second-order valence-electron chi connectivity index (χ2n) is 5.37. The summed E-state index contributed by atoms with van der Waals surface area (Å²) in [7, 11) is 0. The first-order valence-corrected chi connectivity index (χ1v) is 8.45. The first-order valence-electron chi connectivity index (χ1n) is 7.41. The summed E-state index contributed by atoms with van der Waals surface area (Å²) in [6.07, 6.45) is 6.62. The zero-order chi connectivity index (χ0) is 13.5. The number of likely N-dealkylation sites (N-methyl/N-ethyl adjacent to an activating group) is 1. The van der Waals surface area contributed by atoms with Crippen molar-refractivity contribution in [3.63, 3.8) is 0 Å². The molecule has 0 spiro atoms. The highest BCUT2D eigenvalue weighted by Crippen LogP contribution is 2.30. The van der Waals surface area contributed by atoms with Crippen LogP contribution in [0.2, 0.25) is 0 Å². The Kier molecular flexibility index (Phi) is 6.05. The Morgan fingerprint density at radius 1 is 1.37 bits per heavy atom. The average molecular weight is 279 g/mol. The number of thioether (sulfide) groups is 1. The highest BCUT2D eigenvalue weighted by atomic mass is 32.2. The summed E-state index contributed by atoms with van der Waals surface area (Å²) in [4.78, 5) is 0. The van der Waals surface area contributed by atoms with Gasteiger partial charge < -0.3 is 10.4 Å². The lowest BCUT2D eigenvalue weighted by Gasteiger charge is -2.19. The molecule has 2 rings (SSSR count). The normalized spacial score (nSPS) is 17.7. The van der Waals surface area contributed by atoms with Crippen molar-refractivity contribution in [1.82, 2.24) is 5.32 Å². The number of phenolic OH excluding ortho intramolecular Hbond substituents is 1. The number of phenols is 1. The molecule has 1 unspecified atom stereocenters. The van der Waals surface area contributed by atoms with E-state index in [1.165, 1.54) is 37.0 Å². The summed E-state index contributed by atoms with van der Waals surface area (Å²) in [6, 6.07) is 8.16. The maximum Gasteiger partial charge on any atom is 0.115 e. The Hall–Kier alpha value is -0.670. The van der Waals surface area contributed by atoms with Crippen LogP contribution < -0.4 is 5.32 Å². The predicted molar refractivity (Wildman–Crippen MR) is 84.0 cm³/mol. The Morgan fingerprint density at radius 3 is 2.84 bits per heavy atom. The SMILES string of the molecule is CCNC(CSC1CCCC1)Cc1cccc(O)c1. The molecule has 106 valence electrons. The van der Waals surface area contributed by atoms with Gasteiger partial charge in [0.2, 0.25) is 0 Å². The monoisotopic (exact) mass is 279 g/mol. The number of nitrogens with one attached hydrogen (secondary N) is 1. The predicted octanol–water partition coefficient (Wildman–Crippen LogP) is 3.59. The van der Waals surface area contributed by atoms with Crippen LogP contribution in [0.3, 0.4) is 0 Å². The number of hydrogen-bond acceptors (Lipinski definition) is 3. The molecule has 3 heteroatoms. The molecular weight excluding hydrogens is 254 g/mol. The van der Waals surface area contributed by atoms with Gasteiger partial charge in [-0.25, -0.2) is 0 Å². The summed E-state index contributed by atoms with van der Waals surface area (Å²) in [5.41, 5.74) is 1.22. The van der Waals surface area contributed by atoms with E-state index in [9.17, 15) is 5.11 Å². The molecule has 1 fully saturated rings. The van der Waals surface area contributed by atoms with Crippen LogP contribution in [0.15, 0.2) is 24.3 Å². The fourth-order valence-corrected chi connectivity index (χ4v) is 4.16.